The lowest BCUT2D eigenvalue weighted by atomic mass is 10.0. The third-order valence-electron chi connectivity index (χ3n) is 4.47. The fraction of sp³-hybridized carbons (Fsp3) is 0.611. The van der Waals surface area contributed by atoms with Crippen LogP contribution in [0.5, 0.6) is 5.75 Å². The number of benzene rings is 1. The summed E-state index contributed by atoms with van der Waals surface area (Å²) in [6.07, 6.45) is 1.69. The highest BCUT2D eigenvalue weighted by atomic mass is 32.2. The predicted molar refractivity (Wildman–Crippen MR) is 102 cm³/mol. The van der Waals surface area contributed by atoms with Crippen molar-refractivity contribution in [2.24, 2.45) is 0 Å². The number of carbonyl (C=O) groups excluding carboxylic acids is 1. The second-order valence-corrected chi connectivity index (χ2v) is 8.70. The lowest BCUT2D eigenvalue weighted by molar-refractivity contribution is 0.159. The van der Waals surface area contributed by atoms with Crippen molar-refractivity contribution in [1.82, 2.24) is 14.9 Å². The van der Waals surface area contributed by atoms with E-state index in [2.05, 4.69) is 23.9 Å². The van der Waals surface area contributed by atoms with E-state index in [9.17, 15) is 13.2 Å². The number of nitrogens with one attached hydrogen (secondary N) is 2. The molecule has 0 aliphatic carbocycles. The van der Waals surface area contributed by atoms with Crippen molar-refractivity contribution in [1.29, 1.82) is 0 Å². The van der Waals surface area contributed by atoms with E-state index < -0.39 is 10.0 Å². The Morgan fingerprint density at radius 2 is 1.96 bits per heavy atom. The Bertz CT molecular complexity index is 704. The van der Waals surface area contributed by atoms with E-state index >= 15 is 0 Å². The Hall–Kier alpha value is -1.80. The van der Waals surface area contributed by atoms with Crippen LogP contribution in [0.2, 0.25) is 0 Å². The molecule has 1 saturated heterocycles. The Morgan fingerprint density at radius 3 is 2.50 bits per heavy atom. The van der Waals surface area contributed by atoms with Gasteiger partial charge in [0, 0.05) is 19.1 Å². The number of likely N-dealkylation sites (tertiary alicyclic amines) is 1. The third kappa shape index (κ3) is 5.60. The van der Waals surface area contributed by atoms with Gasteiger partial charge in [-0.3, -0.25) is 0 Å². The number of hydrogen-bond donors (Lipinski definition) is 2. The van der Waals surface area contributed by atoms with E-state index in [0.717, 1.165) is 6.26 Å². The summed E-state index contributed by atoms with van der Waals surface area (Å²) in [5.74, 6) is 1.14. The van der Waals surface area contributed by atoms with E-state index in [1.807, 2.05) is 31.2 Å². The van der Waals surface area contributed by atoms with Crippen LogP contribution in [0.15, 0.2) is 24.3 Å². The first-order chi connectivity index (χ1) is 12.2. The summed E-state index contributed by atoms with van der Waals surface area (Å²) in [6, 6.07) is 6.92. The molecule has 2 N–H and O–H groups in total. The molecular formula is C18H29N3O4S. The van der Waals surface area contributed by atoms with Crippen molar-refractivity contribution in [2.45, 2.75) is 45.2 Å². The molecule has 1 aliphatic heterocycles. The first-order valence-corrected chi connectivity index (χ1v) is 10.8. The zero-order chi connectivity index (χ0) is 19.3. The first-order valence-electron chi connectivity index (χ1n) is 8.95. The Balaban J connectivity index is 2.09. The van der Waals surface area contributed by atoms with E-state index in [1.54, 1.807) is 4.90 Å². The summed E-state index contributed by atoms with van der Waals surface area (Å²) in [6.45, 7) is 7.33. The fourth-order valence-corrected chi connectivity index (χ4v) is 3.93. The van der Waals surface area contributed by atoms with Gasteiger partial charge < -0.3 is 15.0 Å². The number of urea groups is 1. The number of amides is 2. The zero-order valence-corrected chi connectivity index (χ0v) is 16.7. The van der Waals surface area contributed by atoms with Crippen molar-refractivity contribution in [3.05, 3.63) is 29.8 Å². The maximum Gasteiger partial charge on any atom is 0.317 e. The van der Waals surface area contributed by atoms with Crippen molar-refractivity contribution in [2.75, 3.05) is 26.0 Å². The molecule has 2 unspecified atom stereocenters. The van der Waals surface area contributed by atoms with Crippen LogP contribution in [0.4, 0.5) is 4.79 Å². The number of hydrogen-bond acceptors (Lipinski definition) is 4. The SMILES string of the molecule is CCNC(=O)N1CCC(NS(C)(=O)=O)C1COc1ccc(C(C)C)cc1. The molecule has 1 fully saturated rings. The topological polar surface area (TPSA) is 87.7 Å². The van der Waals surface area contributed by atoms with Gasteiger partial charge in [-0.1, -0.05) is 26.0 Å². The molecule has 1 aliphatic rings. The maximum absolute atomic E-state index is 12.3. The van der Waals surface area contributed by atoms with Crippen LogP contribution in [0.25, 0.3) is 0 Å². The molecule has 0 radical (unpaired) electrons. The van der Waals surface area contributed by atoms with Gasteiger partial charge in [0.25, 0.3) is 0 Å². The van der Waals surface area contributed by atoms with Crippen LogP contribution in [0.3, 0.4) is 0 Å². The molecule has 2 rings (SSSR count). The van der Waals surface area contributed by atoms with Crippen LogP contribution < -0.4 is 14.8 Å². The number of nitrogens with zero attached hydrogens (tertiary/aromatic N) is 1. The summed E-state index contributed by atoms with van der Waals surface area (Å²) in [7, 11) is -3.36. The number of rotatable bonds is 7. The van der Waals surface area contributed by atoms with E-state index in [-0.39, 0.29) is 24.7 Å². The van der Waals surface area contributed by atoms with Crippen molar-refractivity contribution >= 4 is 16.1 Å². The van der Waals surface area contributed by atoms with Gasteiger partial charge >= 0.3 is 6.03 Å². The summed E-state index contributed by atoms with van der Waals surface area (Å²) in [5, 5.41) is 2.77. The van der Waals surface area contributed by atoms with Crippen LogP contribution in [0.1, 0.15) is 38.7 Å². The van der Waals surface area contributed by atoms with E-state index in [4.69, 9.17) is 4.74 Å². The molecule has 7 nitrogen and oxygen atoms in total. The second-order valence-electron chi connectivity index (χ2n) is 6.92. The highest BCUT2D eigenvalue weighted by Gasteiger charge is 2.38. The van der Waals surface area contributed by atoms with Gasteiger partial charge in [-0.2, -0.15) is 0 Å². The summed E-state index contributed by atoms with van der Waals surface area (Å²) < 4.78 is 31.8. The summed E-state index contributed by atoms with van der Waals surface area (Å²) >= 11 is 0. The Morgan fingerprint density at radius 1 is 1.31 bits per heavy atom. The van der Waals surface area contributed by atoms with E-state index in [1.165, 1.54) is 5.56 Å². The van der Waals surface area contributed by atoms with E-state index in [0.29, 0.717) is 31.2 Å². The predicted octanol–water partition coefficient (Wildman–Crippen LogP) is 1.91. The molecule has 2 atom stereocenters. The van der Waals surface area contributed by atoms with Crippen LogP contribution in [-0.4, -0.2) is 57.4 Å². The van der Waals surface area contributed by atoms with Gasteiger partial charge in [-0.05, 0) is 37.0 Å². The normalized spacial score (nSPS) is 20.4. The van der Waals surface area contributed by atoms with Crippen molar-refractivity contribution < 1.29 is 17.9 Å². The van der Waals surface area contributed by atoms with Gasteiger partial charge in [0.15, 0.2) is 0 Å². The maximum atomic E-state index is 12.3. The number of ether oxygens (including phenoxy) is 1. The van der Waals surface area contributed by atoms with Crippen LogP contribution in [0, 0.1) is 0 Å². The van der Waals surface area contributed by atoms with Gasteiger partial charge in [0.05, 0.1) is 12.3 Å². The smallest absolute Gasteiger partial charge is 0.317 e. The van der Waals surface area contributed by atoms with Gasteiger partial charge in [0.2, 0.25) is 10.0 Å². The second kappa shape index (κ2) is 8.73. The average molecular weight is 384 g/mol. The minimum absolute atomic E-state index is 0.200. The molecule has 146 valence electrons. The number of sulfonamides is 1. The standard InChI is InChI=1S/C18H29N3O4S/c1-5-19-18(22)21-11-10-16(20-26(4,23)24)17(21)12-25-15-8-6-14(7-9-15)13(2)3/h6-9,13,16-17,20H,5,10-12H2,1-4H3,(H,19,22). The number of carbonyl (C=O) groups is 1. The minimum atomic E-state index is -3.36. The summed E-state index contributed by atoms with van der Waals surface area (Å²) in [5.41, 5.74) is 1.22. The van der Waals surface area contributed by atoms with Crippen molar-refractivity contribution in [3.8, 4) is 5.75 Å². The minimum Gasteiger partial charge on any atom is -0.491 e. The average Bonchev–Trinajstić information content (AvgIpc) is 2.94. The highest BCUT2D eigenvalue weighted by Crippen LogP contribution is 2.22. The molecule has 0 aromatic heterocycles. The largest absolute Gasteiger partial charge is 0.491 e. The monoisotopic (exact) mass is 383 g/mol. The van der Waals surface area contributed by atoms with Crippen LogP contribution >= 0.6 is 0 Å². The molecule has 0 bridgehead atoms. The molecule has 1 aromatic carbocycles. The first kappa shape index (κ1) is 20.5. The fourth-order valence-electron chi connectivity index (χ4n) is 3.11. The third-order valence-corrected chi connectivity index (χ3v) is 5.20. The Labute approximate surface area is 156 Å². The molecule has 1 aromatic rings. The van der Waals surface area contributed by atoms with Gasteiger partial charge in [-0.25, -0.2) is 17.9 Å². The lowest BCUT2D eigenvalue weighted by Gasteiger charge is -2.28. The molecule has 1 heterocycles. The molecule has 2 amide bonds. The summed E-state index contributed by atoms with van der Waals surface area (Å²) in [4.78, 5) is 13.9. The highest BCUT2D eigenvalue weighted by molar-refractivity contribution is 7.88. The lowest BCUT2D eigenvalue weighted by Crippen LogP contribution is -2.51. The quantitative estimate of drug-likeness (QED) is 0.753. The Kier molecular flexibility index (Phi) is 6.88. The molecule has 8 heteroatoms. The molecule has 26 heavy (non-hydrogen) atoms. The van der Waals surface area contributed by atoms with Crippen LogP contribution in [-0.2, 0) is 10.0 Å². The molecule has 0 spiro atoms. The molecular weight excluding hydrogens is 354 g/mol. The van der Waals surface area contributed by atoms with Gasteiger partial charge in [-0.15, -0.1) is 0 Å². The van der Waals surface area contributed by atoms with Crippen molar-refractivity contribution in [3.63, 3.8) is 0 Å². The molecule has 0 saturated carbocycles. The zero-order valence-electron chi connectivity index (χ0n) is 15.9. The van der Waals surface area contributed by atoms with Gasteiger partial charge in [0.1, 0.15) is 12.4 Å².